The molecule has 75 heavy (non-hydrogen) atoms. The molecule has 0 saturated heterocycles. The maximum Gasteiger partial charge on any atom is -0.0130 e. The second-order valence-corrected chi connectivity index (χ2v) is 26.2. The minimum absolute atomic E-state index is 0.592. The van der Waals surface area contributed by atoms with Gasteiger partial charge in [0, 0.05) is 0 Å². The van der Waals surface area contributed by atoms with Crippen LogP contribution in [-0.2, 0) is 32.1 Å². The summed E-state index contributed by atoms with van der Waals surface area (Å²) in [6, 6.07) is 42.6. The Balaban J connectivity index is 0.000000203. The Hall–Kier alpha value is -4.42. The second-order valence-electron chi connectivity index (χ2n) is 26.2. The average Bonchev–Trinajstić information content (AvgIpc) is 3.79. The van der Waals surface area contributed by atoms with Crippen LogP contribution in [0, 0.1) is 36.5 Å². The minimum atomic E-state index is 0.592. The fourth-order valence-corrected chi connectivity index (χ4v) is 12.6. The summed E-state index contributed by atoms with van der Waals surface area (Å²) in [6.45, 7) is 48.3. The van der Waals surface area contributed by atoms with Crippen LogP contribution in [0.5, 0.6) is 0 Å². The van der Waals surface area contributed by atoms with Crippen LogP contribution in [0.4, 0.5) is 0 Å². The molecule has 6 aromatic rings. The first kappa shape index (κ1) is 63.1. The molecular weight excluding hydrogens is 901 g/mol. The summed E-state index contributed by atoms with van der Waals surface area (Å²) in [4.78, 5) is 0. The van der Waals surface area contributed by atoms with Gasteiger partial charge in [0.1, 0.15) is 0 Å². The molecule has 0 bridgehead atoms. The maximum atomic E-state index is 2.37. The molecule has 0 amide bonds. The lowest BCUT2D eigenvalue weighted by atomic mass is 9.73. The Morgan fingerprint density at radius 2 is 0.787 bits per heavy atom. The highest BCUT2D eigenvalue weighted by Gasteiger charge is 2.28. The van der Waals surface area contributed by atoms with Crippen molar-refractivity contribution in [2.45, 2.75) is 238 Å². The predicted molar refractivity (Wildman–Crippen MR) is 337 cm³/mol. The zero-order valence-electron chi connectivity index (χ0n) is 52.1. The summed E-state index contributed by atoms with van der Waals surface area (Å²) in [5.41, 5.74) is 20.4. The molecule has 0 fully saturated rings. The van der Waals surface area contributed by atoms with Gasteiger partial charge in [-0.05, 0) is 212 Å². The van der Waals surface area contributed by atoms with Gasteiger partial charge >= 0.3 is 0 Å². The Morgan fingerprint density at radius 1 is 0.360 bits per heavy atom. The van der Waals surface area contributed by atoms with Crippen LogP contribution in [0.25, 0.3) is 10.8 Å². The van der Waals surface area contributed by atoms with E-state index >= 15 is 0 Å². The van der Waals surface area contributed by atoms with E-state index in [0.29, 0.717) is 35.5 Å². The van der Waals surface area contributed by atoms with Crippen molar-refractivity contribution in [1.82, 2.24) is 0 Å². The van der Waals surface area contributed by atoms with E-state index in [1.165, 1.54) is 95.5 Å². The first-order valence-electron chi connectivity index (χ1n) is 30.3. The number of benzene rings is 6. The molecule has 0 nitrogen and oxygen atoms in total. The molecule has 0 heterocycles. The molecule has 2 unspecified atom stereocenters. The first-order chi connectivity index (χ1) is 35.4. The van der Waals surface area contributed by atoms with Crippen LogP contribution < -0.4 is 0 Å². The second kappa shape index (κ2) is 30.5. The highest BCUT2D eigenvalue weighted by molar-refractivity contribution is 5.87. The van der Waals surface area contributed by atoms with Gasteiger partial charge in [0.2, 0.25) is 0 Å². The quantitative estimate of drug-likeness (QED) is 0.108. The molecule has 0 radical (unpaired) electrons. The third-order valence-electron chi connectivity index (χ3n) is 15.9. The first-order valence-corrected chi connectivity index (χ1v) is 30.3. The van der Waals surface area contributed by atoms with Crippen molar-refractivity contribution in [2.24, 2.45) is 29.6 Å². The van der Waals surface area contributed by atoms with E-state index in [4.69, 9.17) is 0 Å². The summed E-state index contributed by atoms with van der Waals surface area (Å²) in [6.07, 6.45) is 10.3. The van der Waals surface area contributed by atoms with Gasteiger partial charge < -0.3 is 0 Å². The Morgan fingerprint density at radius 3 is 1.29 bits per heavy atom. The van der Waals surface area contributed by atoms with Gasteiger partial charge in [-0.2, -0.15) is 0 Å². The fraction of sp³-hybridized carbons (Fsp3) is 0.547. The van der Waals surface area contributed by atoms with Crippen LogP contribution in [0.2, 0.25) is 0 Å². The average molecular weight is 1010 g/mol. The van der Waals surface area contributed by atoms with Crippen molar-refractivity contribution in [1.29, 1.82) is 0 Å². The van der Waals surface area contributed by atoms with Gasteiger partial charge in [-0.1, -0.05) is 254 Å². The number of hydrogen-bond acceptors (Lipinski definition) is 0. The Labute approximate surface area is 463 Å². The molecule has 6 aromatic carbocycles. The monoisotopic (exact) mass is 1010 g/mol. The smallest absolute Gasteiger partial charge is 0.0130 e. The Bertz CT molecular complexity index is 2600. The van der Waals surface area contributed by atoms with E-state index in [9.17, 15) is 0 Å². The maximum absolute atomic E-state index is 2.37. The highest BCUT2D eigenvalue weighted by Crippen LogP contribution is 2.43. The summed E-state index contributed by atoms with van der Waals surface area (Å²) >= 11 is 0. The molecule has 0 spiro atoms. The van der Waals surface area contributed by atoms with Crippen molar-refractivity contribution in [3.63, 3.8) is 0 Å². The number of fused-ring (bicyclic) bond motifs is 3. The van der Waals surface area contributed by atoms with Gasteiger partial charge in [0.25, 0.3) is 0 Å². The number of aryl methyl sites for hydroxylation is 3. The van der Waals surface area contributed by atoms with E-state index in [2.05, 4.69) is 261 Å². The number of rotatable bonds is 13. The minimum Gasteiger partial charge on any atom is -0.0625 e. The van der Waals surface area contributed by atoms with E-state index in [1.54, 1.807) is 38.9 Å². The number of hydrogen-bond donors (Lipinski definition) is 0. The molecule has 2 aliphatic rings. The van der Waals surface area contributed by atoms with E-state index < -0.39 is 0 Å². The van der Waals surface area contributed by atoms with Crippen LogP contribution in [0.15, 0.2) is 115 Å². The molecule has 8 rings (SSSR count). The van der Waals surface area contributed by atoms with Gasteiger partial charge in [-0.15, -0.1) is 0 Å². The molecule has 0 aromatic heterocycles. The third kappa shape index (κ3) is 18.4. The molecule has 0 aliphatic heterocycles. The molecule has 2 aliphatic carbocycles. The SMILES string of the molecule is CC(C)Cc1ccc2ccccc2c1C(C)C.CC(C)Cc1ccccc1C(C)C.CC(C)c1cccc2c1C(C(C)C)CC2.CC(C)c1cccc2c1C(C(C)C)CCC2.Cc1cccc(CC(C)C)c1C(C)C. The summed E-state index contributed by atoms with van der Waals surface area (Å²) in [5, 5.41) is 2.80. The molecule has 410 valence electrons. The highest BCUT2D eigenvalue weighted by atomic mass is 14.3. The molecule has 2 atom stereocenters. The zero-order chi connectivity index (χ0) is 55.7. The lowest BCUT2D eigenvalue weighted by molar-refractivity contribution is 0.429. The van der Waals surface area contributed by atoms with Crippen LogP contribution >= 0.6 is 0 Å². The lowest BCUT2D eigenvalue weighted by Gasteiger charge is -2.32. The summed E-state index contributed by atoms with van der Waals surface area (Å²) in [7, 11) is 0. The van der Waals surface area contributed by atoms with E-state index in [1.807, 2.05) is 0 Å². The summed E-state index contributed by atoms with van der Waals surface area (Å²) in [5.74, 6) is 8.58. The normalized spacial score (nSPS) is 15.0. The van der Waals surface area contributed by atoms with Crippen molar-refractivity contribution in [2.75, 3.05) is 0 Å². The van der Waals surface area contributed by atoms with Crippen molar-refractivity contribution in [3.05, 3.63) is 188 Å². The standard InChI is InChI=1S/C17H22.C16H24.C15H22.C14H22.C13H20/c1-12(2)11-15-10-9-14-7-5-6-8-16(14)17(15)13(3)4;1-11(2)14-9-5-7-13-8-6-10-15(12(3)4)16(13)14;1-10(2)13-7-5-6-12-8-9-14(11(3)4)15(12)13;1-10(2)9-13-8-6-7-12(5)14(13)11(3)4;1-10(2)9-12-7-5-6-8-13(12)11(3)4/h5-10,12-13H,11H2,1-4H3;5,7,9,11-12,15H,6,8,10H2,1-4H3;5-7,10-11,14H,8-9H2,1-4H3;6-8,10-11H,9H2,1-5H3;5-8,10-11H,9H2,1-4H3. The molecule has 0 N–H and O–H groups in total. The van der Waals surface area contributed by atoms with Crippen LogP contribution in [0.3, 0.4) is 0 Å². The molecule has 0 heteroatoms. The zero-order valence-corrected chi connectivity index (χ0v) is 52.1. The third-order valence-corrected chi connectivity index (χ3v) is 15.9. The van der Waals surface area contributed by atoms with Gasteiger partial charge in [-0.25, -0.2) is 0 Å². The molecule has 0 saturated carbocycles. The van der Waals surface area contributed by atoms with Gasteiger partial charge in [0.15, 0.2) is 0 Å². The largest absolute Gasteiger partial charge is 0.0625 e. The van der Waals surface area contributed by atoms with Gasteiger partial charge in [0.05, 0.1) is 0 Å². The van der Waals surface area contributed by atoms with Crippen molar-refractivity contribution >= 4 is 10.8 Å². The van der Waals surface area contributed by atoms with E-state index in [-0.39, 0.29) is 0 Å². The Kier molecular flexibility index (Phi) is 25.7. The summed E-state index contributed by atoms with van der Waals surface area (Å²) < 4.78 is 0. The van der Waals surface area contributed by atoms with Crippen LogP contribution in [0.1, 0.15) is 271 Å². The lowest BCUT2D eigenvalue weighted by Crippen LogP contribution is -2.17. The van der Waals surface area contributed by atoms with Crippen LogP contribution in [-0.4, -0.2) is 0 Å². The van der Waals surface area contributed by atoms with E-state index in [0.717, 1.165) is 35.5 Å². The fourth-order valence-electron chi connectivity index (χ4n) is 12.6. The topological polar surface area (TPSA) is 0 Å². The predicted octanol–water partition coefficient (Wildman–Crippen LogP) is 22.9. The van der Waals surface area contributed by atoms with Crippen molar-refractivity contribution < 1.29 is 0 Å². The molecular formula is C75H110. The van der Waals surface area contributed by atoms with Crippen molar-refractivity contribution in [3.8, 4) is 0 Å². The van der Waals surface area contributed by atoms with Gasteiger partial charge in [-0.3, -0.25) is 0 Å².